The van der Waals surface area contributed by atoms with Crippen molar-refractivity contribution < 1.29 is 9.47 Å². The topological polar surface area (TPSA) is 48.3 Å². The molecule has 6 heteroatoms. The van der Waals surface area contributed by atoms with Gasteiger partial charge in [-0.3, -0.25) is 4.68 Å². The van der Waals surface area contributed by atoms with Gasteiger partial charge in [-0.2, -0.15) is 5.10 Å². The summed E-state index contributed by atoms with van der Waals surface area (Å²) in [5, 5.41) is 7.61. The summed E-state index contributed by atoms with van der Waals surface area (Å²) in [5.74, 6) is 1.48. The Balaban J connectivity index is 2.18. The summed E-state index contributed by atoms with van der Waals surface area (Å²) in [6.07, 6.45) is 1.81. The third-order valence-corrected chi connectivity index (χ3v) is 3.66. The Bertz CT molecular complexity index is 584. The zero-order chi connectivity index (χ0) is 14.5. The molecule has 1 aromatic carbocycles. The minimum Gasteiger partial charge on any atom is -0.495 e. The van der Waals surface area contributed by atoms with Crippen molar-refractivity contribution in [1.29, 1.82) is 0 Å². The van der Waals surface area contributed by atoms with Crippen LogP contribution in [0.4, 0.5) is 5.69 Å². The number of aromatic nitrogens is 2. The highest BCUT2D eigenvalue weighted by molar-refractivity contribution is 9.10. The fraction of sp³-hybridized carbons (Fsp3) is 0.357. The number of hydrogen-bond acceptors (Lipinski definition) is 4. The molecule has 0 radical (unpaired) electrons. The molecule has 0 atom stereocenters. The third kappa shape index (κ3) is 3.07. The maximum absolute atomic E-state index is 5.38. The summed E-state index contributed by atoms with van der Waals surface area (Å²) in [6, 6.07) is 5.80. The van der Waals surface area contributed by atoms with Gasteiger partial charge in [0.1, 0.15) is 11.5 Å². The van der Waals surface area contributed by atoms with E-state index in [-0.39, 0.29) is 0 Å². The van der Waals surface area contributed by atoms with Crippen LogP contribution in [0.5, 0.6) is 11.5 Å². The number of hydrogen-bond donors (Lipinski definition) is 1. The maximum Gasteiger partial charge on any atom is 0.145 e. The lowest BCUT2D eigenvalue weighted by atomic mass is 10.2. The molecule has 0 fully saturated rings. The average molecular weight is 340 g/mol. The molecule has 108 valence electrons. The average Bonchev–Trinajstić information content (AvgIpc) is 2.92. The highest BCUT2D eigenvalue weighted by atomic mass is 79.9. The normalized spacial score (nSPS) is 10.4. The molecule has 0 unspecified atom stereocenters. The molecule has 2 rings (SSSR count). The Labute approximate surface area is 127 Å². The molecule has 1 aromatic heterocycles. The van der Waals surface area contributed by atoms with E-state index in [1.807, 2.05) is 29.1 Å². The Hall–Kier alpha value is -1.69. The van der Waals surface area contributed by atoms with Gasteiger partial charge in [-0.1, -0.05) is 0 Å². The molecule has 0 aliphatic carbocycles. The van der Waals surface area contributed by atoms with E-state index in [0.717, 1.165) is 33.9 Å². The van der Waals surface area contributed by atoms with E-state index in [2.05, 4.69) is 33.3 Å². The monoisotopic (exact) mass is 339 g/mol. The molecule has 0 aliphatic heterocycles. The second-order valence-corrected chi connectivity index (χ2v) is 5.03. The molecule has 0 bridgehead atoms. The van der Waals surface area contributed by atoms with E-state index < -0.39 is 0 Å². The summed E-state index contributed by atoms with van der Waals surface area (Å²) >= 11 is 3.48. The highest BCUT2D eigenvalue weighted by Crippen LogP contribution is 2.36. The standard InChI is InChI=1S/C14H18BrN3O2/c1-4-18-10(5-6-17-18)9-16-12-7-11(15)13(19-2)8-14(12)20-3/h5-8,16H,4,9H2,1-3H3. The van der Waals surface area contributed by atoms with Gasteiger partial charge in [-0.05, 0) is 35.0 Å². The van der Waals surface area contributed by atoms with Crippen LogP contribution in [0.25, 0.3) is 0 Å². The van der Waals surface area contributed by atoms with Gasteiger partial charge < -0.3 is 14.8 Å². The first kappa shape index (κ1) is 14.7. The number of aryl methyl sites for hydroxylation is 1. The SMILES string of the molecule is CCn1nccc1CNc1cc(Br)c(OC)cc1OC. The van der Waals surface area contributed by atoms with E-state index in [1.165, 1.54) is 0 Å². The van der Waals surface area contributed by atoms with Crippen molar-refractivity contribution >= 4 is 21.6 Å². The number of nitrogens with one attached hydrogen (secondary N) is 1. The van der Waals surface area contributed by atoms with Gasteiger partial charge in [0.2, 0.25) is 0 Å². The minimum atomic E-state index is 0.684. The number of nitrogens with zero attached hydrogens (tertiary/aromatic N) is 2. The van der Waals surface area contributed by atoms with Gasteiger partial charge >= 0.3 is 0 Å². The van der Waals surface area contributed by atoms with Gasteiger partial charge in [-0.25, -0.2) is 0 Å². The lowest BCUT2D eigenvalue weighted by molar-refractivity contribution is 0.393. The zero-order valence-electron chi connectivity index (χ0n) is 11.8. The predicted octanol–water partition coefficient (Wildman–Crippen LogP) is 3.29. The highest BCUT2D eigenvalue weighted by Gasteiger charge is 2.10. The fourth-order valence-corrected chi connectivity index (χ4v) is 2.48. The van der Waals surface area contributed by atoms with E-state index in [0.29, 0.717) is 6.54 Å². The van der Waals surface area contributed by atoms with Crippen molar-refractivity contribution in [2.24, 2.45) is 0 Å². The first-order valence-electron chi connectivity index (χ1n) is 6.35. The van der Waals surface area contributed by atoms with Gasteiger partial charge in [0.05, 0.1) is 36.6 Å². The molecular formula is C14H18BrN3O2. The lowest BCUT2D eigenvalue weighted by Crippen LogP contribution is -2.08. The van der Waals surface area contributed by atoms with Crippen LogP contribution in [0.3, 0.4) is 0 Å². The third-order valence-electron chi connectivity index (χ3n) is 3.04. The summed E-state index contributed by atoms with van der Waals surface area (Å²) in [7, 11) is 3.27. The molecule has 0 saturated carbocycles. The number of methoxy groups -OCH3 is 2. The molecule has 5 nitrogen and oxygen atoms in total. The van der Waals surface area contributed by atoms with Crippen molar-refractivity contribution in [3.63, 3.8) is 0 Å². The van der Waals surface area contributed by atoms with Crippen LogP contribution in [-0.4, -0.2) is 24.0 Å². The molecule has 0 aliphatic rings. The second kappa shape index (κ2) is 6.65. The number of benzene rings is 1. The van der Waals surface area contributed by atoms with Gasteiger partial charge in [0.15, 0.2) is 0 Å². The molecular weight excluding hydrogens is 322 g/mol. The first-order valence-corrected chi connectivity index (χ1v) is 7.15. The second-order valence-electron chi connectivity index (χ2n) is 4.18. The van der Waals surface area contributed by atoms with Crippen LogP contribution < -0.4 is 14.8 Å². The smallest absolute Gasteiger partial charge is 0.145 e. The van der Waals surface area contributed by atoms with Crippen LogP contribution >= 0.6 is 15.9 Å². The van der Waals surface area contributed by atoms with Crippen molar-refractivity contribution in [2.75, 3.05) is 19.5 Å². The van der Waals surface area contributed by atoms with Crippen molar-refractivity contribution in [2.45, 2.75) is 20.0 Å². The van der Waals surface area contributed by atoms with Crippen LogP contribution in [0.1, 0.15) is 12.6 Å². The number of rotatable bonds is 6. The summed E-state index contributed by atoms with van der Waals surface area (Å²) < 4.78 is 13.5. The molecule has 0 amide bonds. The van der Waals surface area contributed by atoms with Crippen LogP contribution in [-0.2, 0) is 13.1 Å². The van der Waals surface area contributed by atoms with Crippen molar-refractivity contribution in [3.05, 3.63) is 34.6 Å². The Morgan fingerprint density at radius 2 is 2.00 bits per heavy atom. The number of ether oxygens (including phenoxy) is 2. The van der Waals surface area contributed by atoms with E-state index in [9.17, 15) is 0 Å². The quantitative estimate of drug-likeness (QED) is 0.877. The first-order chi connectivity index (χ1) is 9.69. The summed E-state index contributed by atoms with van der Waals surface area (Å²) in [4.78, 5) is 0. The van der Waals surface area contributed by atoms with Crippen LogP contribution in [0.15, 0.2) is 28.9 Å². The van der Waals surface area contributed by atoms with Crippen LogP contribution in [0, 0.1) is 0 Å². The van der Waals surface area contributed by atoms with E-state index >= 15 is 0 Å². The molecule has 0 spiro atoms. The summed E-state index contributed by atoms with van der Waals surface area (Å²) in [5.41, 5.74) is 2.03. The molecule has 1 N–H and O–H groups in total. The fourth-order valence-electron chi connectivity index (χ4n) is 1.98. The lowest BCUT2D eigenvalue weighted by Gasteiger charge is -2.14. The largest absolute Gasteiger partial charge is 0.495 e. The maximum atomic E-state index is 5.38. The predicted molar refractivity (Wildman–Crippen MR) is 82.5 cm³/mol. The number of halogens is 1. The van der Waals surface area contributed by atoms with Crippen LogP contribution in [0.2, 0.25) is 0 Å². The molecule has 20 heavy (non-hydrogen) atoms. The molecule has 2 aromatic rings. The van der Waals surface area contributed by atoms with E-state index in [4.69, 9.17) is 9.47 Å². The van der Waals surface area contributed by atoms with E-state index in [1.54, 1.807) is 14.2 Å². The molecule has 1 heterocycles. The van der Waals surface area contributed by atoms with Gasteiger partial charge in [-0.15, -0.1) is 0 Å². The summed E-state index contributed by atoms with van der Waals surface area (Å²) in [6.45, 7) is 3.61. The zero-order valence-corrected chi connectivity index (χ0v) is 13.4. The minimum absolute atomic E-state index is 0.684. The Kier molecular flexibility index (Phi) is 4.89. The Morgan fingerprint density at radius 1 is 1.25 bits per heavy atom. The Morgan fingerprint density at radius 3 is 2.65 bits per heavy atom. The van der Waals surface area contributed by atoms with Crippen molar-refractivity contribution in [1.82, 2.24) is 9.78 Å². The number of anilines is 1. The van der Waals surface area contributed by atoms with Crippen molar-refractivity contribution in [3.8, 4) is 11.5 Å². The molecule has 0 saturated heterocycles. The van der Waals surface area contributed by atoms with Gasteiger partial charge in [0, 0.05) is 18.8 Å². The van der Waals surface area contributed by atoms with Gasteiger partial charge in [0.25, 0.3) is 0 Å².